The number of phenols is 1. The summed E-state index contributed by atoms with van der Waals surface area (Å²) in [7, 11) is 0. The number of halogens is 1. The molecular weight excluding hydrogens is 309 g/mol. The Labute approximate surface area is 140 Å². The van der Waals surface area contributed by atoms with Gasteiger partial charge in [-0.2, -0.15) is 0 Å². The average Bonchev–Trinajstić information content (AvgIpc) is 2.60. The zero-order valence-electron chi connectivity index (χ0n) is 13.5. The van der Waals surface area contributed by atoms with Crippen LogP contribution in [0.3, 0.4) is 0 Å². The molecule has 1 fully saturated rings. The van der Waals surface area contributed by atoms with E-state index in [1.54, 1.807) is 6.20 Å². The van der Waals surface area contributed by atoms with Crippen LogP contribution in [-0.4, -0.2) is 32.8 Å². The quantitative estimate of drug-likeness (QED) is 0.783. The maximum atomic E-state index is 14.0. The Kier molecular flexibility index (Phi) is 5.25. The Bertz CT molecular complexity index is 690. The van der Waals surface area contributed by atoms with Gasteiger partial charge in [0, 0.05) is 11.6 Å². The number of aliphatic hydroxyl groups excluding tert-OH is 1. The van der Waals surface area contributed by atoms with Crippen molar-refractivity contribution in [3.63, 3.8) is 0 Å². The highest BCUT2D eigenvalue weighted by molar-refractivity contribution is 5.61. The molecular formula is C18H22FN3O2. The van der Waals surface area contributed by atoms with Crippen molar-refractivity contribution < 1.29 is 14.6 Å². The Balaban J connectivity index is 1.79. The minimum Gasteiger partial charge on any atom is -0.508 e. The number of aliphatic hydroxyl groups is 1. The predicted octanol–water partition coefficient (Wildman–Crippen LogP) is 3.34. The number of hydrogen-bond acceptors (Lipinski definition) is 5. The van der Waals surface area contributed by atoms with Crippen LogP contribution in [0.15, 0.2) is 30.6 Å². The van der Waals surface area contributed by atoms with Crippen molar-refractivity contribution in [3.8, 4) is 17.0 Å². The fourth-order valence-electron chi connectivity index (χ4n) is 3.32. The van der Waals surface area contributed by atoms with E-state index < -0.39 is 5.82 Å². The summed E-state index contributed by atoms with van der Waals surface area (Å²) in [6, 6.07) is 3.87. The van der Waals surface area contributed by atoms with Gasteiger partial charge in [0.1, 0.15) is 17.4 Å². The first-order valence-electron chi connectivity index (χ1n) is 8.35. The number of aromatic hydroxyl groups is 1. The predicted molar refractivity (Wildman–Crippen MR) is 90.2 cm³/mol. The van der Waals surface area contributed by atoms with Gasteiger partial charge in [0.15, 0.2) is 0 Å². The van der Waals surface area contributed by atoms with Gasteiger partial charge in [-0.3, -0.25) is 4.98 Å². The smallest absolute Gasteiger partial charge is 0.145 e. The highest BCUT2D eigenvalue weighted by Gasteiger charge is 2.23. The molecule has 1 heterocycles. The van der Waals surface area contributed by atoms with Crippen molar-refractivity contribution in [3.05, 3.63) is 36.4 Å². The van der Waals surface area contributed by atoms with Gasteiger partial charge in [0.05, 0.1) is 30.7 Å². The van der Waals surface area contributed by atoms with Crippen LogP contribution >= 0.6 is 0 Å². The number of phenolic OH excluding ortho intramolecular Hbond substituents is 1. The minimum absolute atomic E-state index is 0.0319. The van der Waals surface area contributed by atoms with E-state index in [1.165, 1.54) is 37.6 Å². The number of nitrogens with zero attached hydrogens (tertiary/aromatic N) is 2. The molecule has 3 N–H and O–H groups in total. The summed E-state index contributed by atoms with van der Waals surface area (Å²) in [4.78, 5) is 8.53. The number of anilines is 1. The van der Waals surface area contributed by atoms with Crippen molar-refractivity contribution in [2.24, 2.45) is 5.92 Å². The molecule has 24 heavy (non-hydrogen) atoms. The van der Waals surface area contributed by atoms with E-state index in [4.69, 9.17) is 0 Å². The summed E-state index contributed by atoms with van der Waals surface area (Å²) >= 11 is 0. The van der Waals surface area contributed by atoms with E-state index in [0.717, 1.165) is 18.9 Å². The first kappa shape index (κ1) is 16.6. The molecule has 128 valence electrons. The topological polar surface area (TPSA) is 78.3 Å². The highest BCUT2D eigenvalue weighted by Crippen LogP contribution is 2.29. The molecule has 3 rings (SSSR count). The third kappa shape index (κ3) is 3.82. The van der Waals surface area contributed by atoms with Crippen LogP contribution in [0.1, 0.15) is 32.1 Å². The second-order valence-electron chi connectivity index (χ2n) is 6.29. The van der Waals surface area contributed by atoms with Crippen LogP contribution in [0, 0.1) is 11.7 Å². The zero-order chi connectivity index (χ0) is 16.9. The molecule has 0 bridgehead atoms. The first-order valence-corrected chi connectivity index (χ1v) is 8.35. The van der Waals surface area contributed by atoms with Crippen LogP contribution in [0.25, 0.3) is 11.3 Å². The van der Waals surface area contributed by atoms with E-state index in [2.05, 4.69) is 15.3 Å². The second-order valence-corrected chi connectivity index (χ2v) is 6.29. The highest BCUT2D eigenvalue weighted by atomic mass is 19.1. The van der Waals surface area contributed by atoms with Crippen LogP contribution in [-0.2, 0) is 0 Å². The molecule has 1 atom stereocenters. The molecule has 0 saturated heterocycles. The fraction of sp³-hybridized carbons (Fsp3) is 0.444. The van der Waals surface area contributed by atoms with Crippen LogP contribution < -0.4 is 5.32 Å². The molecule has 1 unspecified atom stereocenters. The summed E-state index contributed by atoms with van der Waals surface area (Å²) < 4.78 is 14.0. The molecule has 5 nitrogen and oxygen atoms in total. The Morgan fingerprint density at radius 1 is 1.21 bits per heavy atom. The zero-order valence-corrected chi connectivity index (χ0v) is 13.5. The van der Waals surface area contributed by atoms with Crippen molar-refractivity contribution in [1.29, 1.82) is 0 Å². The van der Waals surface area contributed by atoms with Crippen LogP contribution in [0.5, 0.6) is 5.75 Å². The fourth-order valence-corrected chi connectivity index (χ4v) is 3.32. The third-order valence-electron chi connectivity index (χ3n) is 4.61. The molecule has 1 aliphatic carbocycles. The van der Waals surface area contributed by atoms with Gasteiger partial charge in [-0.15, -0.1) is 0 Å². The van der Waals surface area contributed by atoms with Gasteiger partial charge >= 0.3 is 0 Å². The minimum atomic E-state index is -0.549. The van der Waals surface area contributed by atoms with E-state index >= 15 is 0 Å². The Hall–Kier alpha value is -2.21. The van der Waals surface area contributed by atoms with E-state index in [-0.39, 0.29) is 24.0 Å². The van der Waals surface area contributed by atoms with Gasteiger partial charge in [-0.25, -0.2) is 9.37 Å². The lowest BCUT2D eigenvalue weighted by atomic mass is 9.84. The van der Waals surface area contributed by atoms with Gasteiger partial charge in [0.25, 0.3) is 0 Å². The number of rotatable bonds is 5. The molecule has 1 saturated carbocycles. The van der Waals surface area contributed by atoms with Gasteiger partial charge in [-0.1, -0.05) is 19.3 Å². The molecule has 1 aromatic carbocycles. The number of aromatic nitrogens is 2. The monoisotopic (exact) mass is 331 g/mol. The van der Waals surface area contributed by atoms with Crippen LogP contribution in [0.2, 0.25) is 0 Å². The molecule has 0 amide bonds. The van der Waals surface area contributed by atoms with Gasteiger partial charge in [-0.05, 0) is 30.9 Å². The summed E-state index contributed by atoms with van der Waals surface area (Å²) in [5.74, 6) is 0.257. The second kappa shape index (κ2) is 7.57. The maximum absolute atomic E-state index is 14.0. The Morgan fingerprint density at radius 2 is 2.00 bits per heavy atom. The van der Waals surface area contributed by atoms with Crippen molar-refractivity contribution in [1.82, 2.24) is 9.97 Å². The lowest BCUT2D eigenvalue weighted by molar-refractivity contribution is 0.209. The molecule has 6 heteroatoms. The molecule has 1 aliphatic rings. The van der Waals surface area contributed by atoms with Crippen molar-refractivity contribution >= 4 is 5.82 Å². The molecule has 0 radical (unpaired) electrons. The molecule has 1 aromatic heterocycles. The summed E-state index contributed by atoms with van der Waals surface area (Å²) in [6.07, 6.45) is 8.88. The number of nitrogens with one attached hydrogen (secondary N) is 1. The normalized spacial score (nSPS) is 16.8. The summed E-state index contributed by atoms with van der Waals surface area (Å²) in [5.41, 5.74) is 0.667. The number of hydrogen-bond donors (Lipinski definition) is 3. The molecule has 2 aromatic rings. The van der Waals surface area contributed by atoms with Crippen molar-refractivity contribution in [2.75, 3.05) is 11.9 Å². The largest absolute Gasteiger partial charge is 0.508 e. The van der Waals surface area contributed by atoms with Crippen LogP contribution in [0.4, 0.5) is 10.2 Å². The summed E-state index contributed by atoms with van der Waals surface area (Å²) in [6.45, 7) is 0.0319. The van der Waals surface area contributed by atoms with Gasteiger partial charge in [0.2, 0.25) is 0 Å². The van der Waals surface area contributed by atoms with Crippen molar-refractivity contribution in [2.45, 2.75) is 38.1 Å². The molecule has 0 spiro atoms. The number of benzene rings is 1. The van der Waals surface area contributed by atoms with Gasteiger partial charge < -0.3 is 15.5 Å². The SMILES string of the molecule is OCC(Nc1cncc(-c2ccc(O)cc2F)n1)C1CCCCC1. The maximum Gasteiger partial charge on any atom is 0.145 e. The van der Waals surface area contributed by atoms with E-state index in [0.29, 0.717) is 17.4 Å². The third-order valence-corrected chi connectivity index (χ3v) is 4.61. The lowest BCUT2D eigenvalue weighted by Gasteiger charge is -2.30. The Morgan fingerprint density at radius 3 is 2.71 bits per heavy atom. The lowest BCUT2D eigenvalue weighted by Crippen LogP contribution is -2.34. The molecule has 0 aliphatic heterocycles. The standard InChI is InChI=1S/C18H22FN3O2/c19-15-8-13(24)6-7-14(15)16-9-20-10-18(21-16)22-17(11-23)12-4-2-1-3-5-12/h6-10,12,17,23-24H,1-5,11H2,(H,21,22). The van der Waals surface area contributed by atoms with E-state index in [9.17, 15) is 14.6 Å². The van der Waals surface area contributed by atoms with E-state index in [1.807, 2.05) is 0 Å². The summed E-state index contributed by atoms with van der Waals surface area (Å²) in [5, 5.41) is 22.3. The first-order chi connectivity index (χ1) is 11.7. The average molecular weight is 331 g/mol.